The van der Waals surface area contributed by atoms with Gasteiger partial charge in [-0.15, -0.1) is 0 Å². The molecule has 1 aromatic heterocycles. The molecule has 1 heterocycles. The van der Waals surface area contributed by atoms with Crippen LogP contribution in [0.3, 0.4) is 0 Å². The van der Waals surface area contributed by atoms with E-state index in [2.05, 4.69) is 55.4 Å². The molecule has 3 aromatic carbocycles. The number of rotatable bonds is 13. The Labute approximate surface area is 298 Å². The summed E-state index contributed by atoms with van der Waals surface area (Å²) in [4.78, 5) is 17.4. The average molecular weight is 716 g/mol. The second kappa shape index (κ2) is 15.7. The lowest BCUT2D eigenvalue weighted by Gasteiger charge is -2.45. The molecule has 0 saturated heterocycles. The first-order chi connectivity index (χ1) is 23.4. The Kier molecular flexibility index (Phi) is 12.3. The minimum atomic E-state index is -3.65. The molecule has 0 bridgehead atoms. The number of pyridine rings is 1. The molecule has 0 aliphatic rings. The van der Waals surface area contributed by atoms with Gasteiger partial charge < -0.3 is 14.1 Å². The first-order valence-corrected chi connectivity index (χ1v) is 20.8. The van der Waals surface area contributed by atoms with E-state index in [-0.39, 0.29) is 29.7 Å². The summed E-state index contributed by atoms with van der Waals surface area (Å²) in [6.45, 7) is 16.7. The van der Waals surface area contributed by atoms with Gasteiger partial charge in [0.05, 0.1) is 24.4 Å². The predicted molar refractivity (Wildman–Crippen MR) is 206 cm³/mol. The van der Waals surface area contributed by atoms with Crippen molar-refractivity contribution in [1.82, 2.24) is 4.98 Å². The number of aromatic nitrogens is 1. The fourth-order valence-electron chi connectivity index (χ4n) is 6.39. The number of halogens is 1. The van der Waals surface area contributed by atoms with Gasteiger partial charge in [-0.3, -0.25) is 14.3 Å². The fourth-order valence-corrected chi connectivity index (χ4v) is 12.8. The minimum absolute atomic E-state index is 0.0105. The molecule has 0 saturated carbocycles. The summed E-state index contributed by atoms with van der Waals surface area (Å²) < 4.78 is 41.7. The Hall–Kier alpha value is -3.68. The van der Waals surface area contributed by atoms with E-state index in [4.69, 9.17) is 13.9 Å². The van der Waals surface area contributed by atoms with Crippen LogP contribution in [0.25, 0.3) is 17.2 Å². The number of nitrogens with zero attached hydrogens (tertiary/aromatic N) is 1. The molecule has 0 spiro atoms. The number of hydrogen-bond donors (Lipinski definition) is 1. The molecule has 9 heteroatoms. The van der Waals surface area contributed by atoms with Crippen molar-refractivity contribution < 1.29 is 27.8 Å². The highest BCUT2D eigenvalue weighted by atomic mass is 31.2. The summed E-state index contributed by atoms with van der Waals surface area (Å²) in [5.41, 5.74) is 3.81. The van der Waals surface area contributed by atoms with E-state index < -0.39 is 32.8 Å². The standard InChI is InChI=1S/C41H51FNO5PSi/c1-29(2)39-35(36(27-37(43-39)40(3,4)5)30-20-22-31(42)23-21-30)24-25-49(46,47-9)28-32(26-38(44)45)48-50(41(6,7)8,33-16-12-10-13-17-33)34-18-14-11-15-19-34/h10-25,27,29,32H,26,28H2,1-9H3,(H,44,45)/b25-24+/t32-,49?/m0/s1. The van der Waals surface area contributed by atoms with Crippen molar-refractivity contribution in [2.24, 2.45) is 0 Å². The van der Waals surface area contributed by atoms with Crippen LogP contribution in [0.5, 0.6) is 0 Å². The third-order valence-electron chi connectivity index (χ3n) is 8.96. The predicted octanol–water partition coefficient (Wildman–Crippen LogP) is 9.62. The molecular formula is C41H51FNO5PSi. The van der Waals surface area contributed by atoms with Crippen LogP contribution >= 0.6 is 7.37 Å². The molecule has 4 aromatic rings. The maximum Gasteiger partial charge on any atom is 0.305 e. The highest BCUT2D eigenvalue weighted by Crippen LogP contribution is 2.51. The van der Waals surface area contributed by atoms with Crippen LogP contribution in [-0.4, -0.2) is 43.8 Å². The van der Waals surface area contributed by atoms with Crippen LogP contribution in [0.4, 0.5) is 4.39 Å². The van der Waals surface area contributed by atoms with E-state index in [1.807, 2.05) is 66.7 Å². The van der Waals surface area contributed by atoms with E-state index in [1.54, 1.807) is 24.0 Å². The first-order valence-electron chi connectivity index (χ1n) is 17.1. The Morgan fingerprint density at radius 3 is 1.90 bits per heavy atom. The number of aliphatic carboxylic acids is 1. The zero-order chi connectivity index (χ0) is 36.9. The van der Waals surface area contributed by atoms with E-state index in [0.717, 1.165) is 38.5 Å². The number of carbonyl (C=O) groups is 1. The number of carboxylic acids is 1. The Morgan fingerprint density at radius 1 is 0.920 bits per heavy atom. The van der Waals surface area contributed by atoms with Gasteiger partial charge in [0.15, 0.2) is 0 Å². The van der Waals surface area contributed by atoms with Gasteiger partial charge in [-0.2, -0.15) is 0 Å². The lowest BCUT2D eigenvalue weighted by Crippen LogP contribution is -2.68. The van der Waals surface area contributed by atoms with Crippen LogP contribution in [0.15, 0.2) is 96.8 Å². The van der Waals surface area contributed by atoms with Gasteiger partial charge in [0.1, 0.15) is 5.82 Å². The molecular weight excluding hydrogens is 665 g/mol. The van der Waals surface area contributed by atoms with Crippen molar-refractivity contribution >= 4 is 38.1 Å². The molecule has 0 fully saturated rings. The zero-order valence-electron chi connectivity index (χ0n) is 30.7. The summed E-state index contributed by atoms with van der Waals surface area (Å²) in [6, 6.07) is 28.2. The molecule has 0 aliphatic heterocycles. The van der Waals surface area contributed by atoms with Gasteiger partial charge in [-0.25, -0.2) is 4.39 Å². The van der Waals surface area contributed by atoms with Crippen LogP contribution in [-0.2, 0) is 23.7 Å². The molecule has 1 N–H and O–H groups in total. The topological polar surface area (TPSA) is 85.7 Å². The van der Waals surface area contributed by atoms with E-state index in [0.29, 0.717) is 0 Å². The first kappa shape index (κ1) is 39.1. The largest absolute Gasteiger partial charge is 0.481 e. The van der Waals surface area contributed by atoms with E-state index >= 15 is 0 Å². The Bertz CT molecular complexity index is 1790. The summed E-state index contributed by atoms with van der Waals surface area (Å²) >= 11 is 0. The van der Waals surface area contributed by atoms with Gasteiger partial charge in [0.2, 0.25) is 7.37 Å². The van der Waals surface area contributed by atoms with Gasteiger partial charge >= 0.3 is 5.97 Å². The lowest BCUT2D eigenvalue weighted by molar-refractivity contribution is -0.138. The number of benzene rings is 3. The quantitative estimate of drug-likeness (QED) is 0.110. The SMILES string of the molecule is COP(=O)(/C=C/c1c(-c2ccc(F)cc2)cc(C(C)(C)C)nc1C(C)C)C[C@H](CC(=O)O)O[Si](c1ccccc1)(c1ccccc1)C(C)(C)C. The van der Waals surface area contributed by atoms with Crippen molar-refractivity contribution in [2.75, 3.05) is 13.3 Å². The van der Waals surface area contributed by atoms with Crippen molar-refractivity contribution in [3.05, 3.63) is 120 Å². The average Bonchev–Trinajstić information content (AvgIpc) is 3.05. The van der Waals surface area contributed by atoms with Crippen molar-refractivity contribution in [3.8, 4) is 11.1 Å². The summed E-state index contributed by atoms with van der Waals surface area (Å²) in [6.07, 6.45) is 0.341. The van der Waals surface area contributed by atoms with Gasteiger partial charge in [-0.1, -0.05) is 128 Å². The molecule has 50 heavy (non-hydrogen) atoms. The number of hydrogen-bond acceptors (Lipinski definition) is 5. The molecule has 266 valence electrons. The van der Waals surface area contributed by atoms with Crippen LogP contribution in [0.2, 0.25) is 5.04 Å². The summed E-state index contributed by atoms with van der Waals surface area (Å²) in [7, 11) is -5.45. The maximum atomic E-state index is 14.7. The second-order valence-corrected chi connectivity index (χ2v) is 21.9. The Morgan fingerprint density at radius 2 is 1.46 bits per heavy atom. The molecule has 0 amide bonds. The van der Waals surface area contributed by atoms with E-state index in [9.17, 15) is 18.9 Å². The second-order valence-electron chi connectivity index (χ2n) is 15.2. The number of carboxylic acid groups (broad SMARTS) is 1. The smallest absolute Gasteiger partial charge is 0.305 e. The van der Waals surface area contributed by atoms with Crippen molar-refractivity contribution in [1.29, 1.82) is 0 Å². The summed E-state index contributed by atoms with van der Waals surface area (Å²) in [5, 5.41) is 11.7. The Balaban J connectivity index is 1.86. The van der Waals surface area contributed by atoms with Gasteiger partial charge in [-0.05, 0) is 56.7 Å². The monoisotopic (exact) mass is 715 g/mol. The third kappa shape index (κ3) is 8.96. The normalized spacial score (nSPS) is 14.5. The summed E-state index contributed by atoms with van der Waals surface area (Å²) in [5.74, 6) is 0.177. The molecule has 2 atom stereocenters. The van der Waals surface area contributed by atoms with Crippen molar-refractivity contribution in [3.63, 3.8) is 0 Å². The maximum absolute atomic E-state index is 14.7. The highest BCUT2D eigenvalue weighted by Gasteiger charge is 2.52. The third-order valence-corrected chi connectivity index (χ3v) is 16.2. The molecule has 6 nitrogen and oxygen atoms in total. The van der Waals surface area contributed by atoms with Crippen LogP contribution in [0.1, 0.15) is 84.7 Å². The van der Waals surface area contributed by atoms with Gasteiger partial charge in [0, 0.05) is 29.6 Å². The van der Waals surface area contributed by atoms with Gasteiger partial charge in [0.25, 0.3) is 8.32 Å². The van der Waals surface area contributed by atoms with Crippen LogP contribution < -0.4 is 10.4 Å². The van der Waals surface area contributed by atoms with E-state index in [1.165, 1.54) is 19.2 Å². The highest BCUT2D eigenvalue weighted by molar-refractivity contribution is 7.62. The lowest BCUT2D eigenvalue weighted by atomic mass is 9.86. The molecule has 0 aliphatic carbocycles. The zero-order valence-corrected chi connectivity index (χ0v) is 32.6. The van der Waals surface area contributed by atoms with Crippen LogP contribution in [0, 0.1) is 5.82 Å². The molecule has 1 unspecified atom stereocenters. The minimum Gasteiger partial charge on any atom is -0.481 e. The fraction of sp³-hybridized carbons (Fsp3) is 0.366. The molecule has 0 radical (unpaired) electrons. The van der Waals surface area contributed by atoms with Crippen molar-refractivity contribution in [2.45, 2.75) is 84.3 Å². The molecule has 4 rings (SSSR count).